The molecule has 2 aromatic rings. The molecule has 0 bridgehead atoms. The lowest BCUT2D eigenvalue weighted by atomic mass is 10.1. The summed E-state index contributed by atoms with van der Waals surface area (Å²) >= 11 is 9.35. The van der Waals surface area contributed by atoms with Gasteiger partial charge in [0.05, 0.1) is 11.1 Å². The van der Waals surface area contributed by atoms with Crippen LogP contribution in [0.3, 0.4) is 0 Å². The molecule has 1 atom stereocenters. The van der Waals surface area contributed by atoms with E-state index in [0.29, 0.717) is 16.7 Å². The van der Waals surface area contributed by atoms with Crippen molar-refractivity contribution in [3.8, 4) is 11.5 Å². The molecule has 0 saturated heterocycles. The summed E-state index contributed by atoms with van der Waals surface area (Å²) in [5, 5.41) is 4.50. The van der Waals surface area contributed by atoms with E-state index in [1.165, 1.54) is 0 Å². The topological polar surface area (TPSA) is 64.9 Å². The molecule has 0 spiro atoms. The first kappa shape index (κ1) is 13.5. The van der Waals surface area contributed by atoms with Crippen molar-refractivity contribution in [1.82, 2.24) is 10.1 Å². The summed E-state index contributed by atoms with van der Waals surface area (Å²) in [6.45, 7) is 4.02. The smallest absolute Gasteiger partial charge is 0.258 e. The number of aromatic nitrogens is 2. The van der Waals surface area contributed by atoms with E-state index in [4.69, 9.17) is 21.9 Å². The van der Waals surface area contributed by atoms with E-state index >= 15 is 0 Å². The molecule has 0 amide bonds. The lowest BCUT2D eigenvalue weighted by Gasteiger charge is -2.09. The van der Waals surface area contributed by atoms with Crippen molar-refractivity contribution in [2.75, 3.05) is 0 Å². The van der Waals surface area contributed by atoms with E-state index < -0.39 is 0 Å². The molecule has 1 heterocycles. The van der Waals surface area contributed by atoms with E-state index in [2.05, 4.69) is 26.1 Å². The maximum absolute atomic E-state index is 6.02. The molecule has 2 N–H and O–H groups in total. The van der Waals surface area contributed by atoms with Crippen molar-refractivity contribution in [3.05, 3.63) is 33.5 Å². The van der Waals surface area contributed by atoms with Gasteiger partial charge in [0.2, 0.25) is 0 Å². The van der Waals surface area contributed by atoms with Gasteiger partial charge in [0.1, 0.15) is 0 Å². The predicted octanol–water partition coefficient (Wildman–Crippen LogP) is 3.81. The fraction of sp³-hybridized carbons (Fsp3) is 0.333. The lowest BCUT2D eigenvalue weighted by Crippen LogP contribution is -2.18. The number of hydrogen-bond acceptors (Lipinski definition) is 4. The second-order valence-corrected chi connectivity index (χ2v) is 5.62. The van der Waals surface area contributed by atoms with Crippen LogP contribution in [-0.4, -0.2) is 10.1 Å². The minimum Gasteiger partial charge on any atom is -0.334 e. The highest BCUT2D eigenvalue weighted by molar-refractivity contribution is 9.10. The van der Waals surface area contributed by atoms with Crippen molar-refractivity contribution >= 4 is 27.5 Å². The van der Waals surface area contributed by atoms with Crippen LogP contribution in [0.5, 0.6) is 0 Å². The number of benzene rings is 1. The molecule has 4 nitrogen and oxygen atoms in total. The third kappa shape index (κ3) is 2.74. The first-order valence-corrected chi connectivity index (χ1v) is 6.70. The average Bonchev–Trinajstić information content (AvgIpc) is 2.81. The third-order valence-corrected chi connectivity index (χ3v) is 3.86. The quantitative estimate of drug-likeness (QED) is 0.929. The molecule has 2 rings (SSSR count). The third-order valence-electron chi connectivity index (χ3n) is 2.62. The number of halogens is 2. The monoisotopic (exact) mass is 329 g/mol. The summed E-state index contributed by atoms with van der Waals surface area (Å²) in [5.74, 6) is 1.19. The molecule has 18 heavy (non-hydrogen) atoms. The summed E-state index contributed by atoms with van der Waals surface area (Å²) in [4.78, 5) is 4.30. The van der Waals surface area contributed by atoms with Crippen molar-refractivity contribution in [2.45, 2.75) is 19.9 Å². The van der Waals surface area contributed by atoms with E-state index in [1.807, 2.05) is 26.0 Å². The van der Waals surface area contributed by atoms with Gasteiger partial charge >= 0.3 is 0 Å². The molecule has 1 unspecified atom stereocenters. The Morgan fingerprint density at radius 3 is 2.72 bits per heavy atom. The van der Waals surface area contributed by atoms with E-state index in [-0.39, 0.29) is 12.0 Å². The Labute approximate surface area is 119 Å². The number of nitrogens with zero attached hydrogens (tertiary/aromatic N) is 2. The summed E-state index contributed by atoms with van der Waals surface area (Å²) in [5.41, 5.74) is 6.74. The van der Waals surface area contributed by atoms with Gasteiger partial charge in [-0.1, -0.05) is 30.6 Å². The number of nitrogens with two attached hydrogens (primary N) is 1. The number of rotatable bonds is 3. The highest BCUT2D eigenvalue weighted by Gasteiger charge is 2.18. The average molecular weight is 331 g/mol. The van der Waals surface area contributed by atoms with Gasteiger partial charge in [-0.05, 0) is 40.0 Å². The van der Waals surface area contributed by atoms with E-state index in [1.54, 1.807) is 6.07 Å². The molecule has 0 fully saturated rings. The van der Waals surface area contributed by atoms with Crippen molar-refractivity contribution in [2.24, 2.45) is 11.7 Å². The Morgan fingerprint density at radius 1 is 1.39 bits per heavy atom. The number of hydrogen-bond donors (Lipinski definition) is 1. The van der Waals surface area contributed by atoms with Crippen molar-refractivity contribution in [1.29, 1.82) is 0 Å². The first-order valence-electron chi connectivity index (χ1n) is 5.53. The summed E-state index contributed by atoms with van der Waals surface area (Å²) in [7, 11) is 0. The minimum absolute atomic E-state index is 0.228. The maximum Gasteiger partial charge on any atom is 0.258 e. The zero-order valence-electron chi connectivity index (χ0n) is 10.0. The molecule has 0 radical (unpaired) electrons. The molecule has 96 valence electrons. The molecule has 1 aromatic heterocycles. The standard InChI is InChI=1S/C12H13BrClN3O/c1-6(2)10(15)11-16-12(18-17-11)7-3-4-8(13)9(14)5-7/h3-6,10H,15H2,1-2H3. The van der Waals surface area contributed by atoms with Gasteiger partial charge in [-0.25, -0.2) is 0 Å². The predicted molar refractivity (Wildman–Crippen MR) is 74.2 cm³/mol. The van der Waals surface area contributed by atoms with Gasteiger partial charge < -0.3 is 10.3 Å². The normalized spacial score (nSPS) is 13.0. The van der Waals surface area contributed by atoms with Crippen LogP contribution in [0.2, 0.25) is 5.02 Å². The van der Waals surface area contributed by atoms with Crippen LogP contribution in [0.15, 0.2) is 27.2 Å². The van der Waals surface area contributed by atoms with Gasteiger partial charge in [-0.3, -0.25) is 0 Å². The molecule has 0 aliphatic heterocycles. The van der Waals surface area contributed by atoms with E-state index in [9.17, 15) is 0 Å². The Morgan fingerprint density at radius 2 is 2.11 bits per heavy atom. The van der Waals surface area contributed by atoms with Crippen LogP contribution in [0.1, 0.15) is 25.7 Å². The van der Waals surface area contributed by atoms with Crippen LogP contribution in [0.25, 0.3) is 11.5 Å². The van der Waals surface area contributed by atoms with Crippen LogP contribution in [-0.2, 0) is 0 Å². The summed E-state index contributed by atoms with van der Waals surface area (Å²) < 4.78 is 6.03. The summed E-state index contributed by atoms with van der Waals surface area (Å²) in [6.07, 6.45) is 0. The molecule has 0 aliphatic carbocycles. The van der Waals surface area contributed by atoms with Crippen molar-refractivity contribution < 1.29 is 4.52 Å². The molecular weight excluding hydrogens is 318 g/mol. The molecule has 0 saturated carbocycles. The SMILES string of the molecule is CC(C)C(N)c1noc(-c2ccc(Br)c(Cl)c2)n1. The van der Waals surface area contributed by atoms with Crippen molar-refractivity contribution in [3.63, 3.8) is 0 Å². The van der Waals surface area contributed by atoms with E-state index in [0.717, 1.165) is 10.0 Å². The van der Waals surface area contributed by atoms with Gasteiger partial charge in [-0.15, -0.1) is 0 Å². The largest absolute Gasteiger partial charge is 0.334 e. The van der Waals surface area contributed by atoms with Crippen LogP contribution < -0.4 is 5.73 Å². The van der Waals surface area contributed by atoms with Crippen LogP contribution in [0.4, 0.5) is 0 Å². The first-order chi connectivity index (χ1) is 8.49. The molecule has 1 aromatic carbocycles. The maximum atomic E-state index is 6.02. The lowest BCUT2D eigenvalue weighted by molar-refractivity contribution is 0.400. The molecular formula is C12H13BrClN3O. The zero-order chi connectivity index (χ0) is 13.3. The van der Waals surface area contributed by atoms with Crippen LogP contribution in [0, 0.1) is 5.92 Å². The van der Waals surface area contributed by atoms with Crippen LogP contribution >= 0.6 is 27.5 Å². The second-order valence-electron chi connectivity index (χ2n) is 4.36. The zero-order valence-corrected chi connectivity index (χ0v) is 12.4. The van der Waals surface area contributed by atoms with Gasteiger partial charge in [0, 0.05) is 10.0 Å². The molecule has 0 aliphatic rings. The van der Waals surface area contributed by atoms with Gasteiger partial charge in [0.15, 0.2) is 5.82 Å². The summed E-state index contributed by atoms with van der Waals surface area (Å²) in [6, 6.07) is 5.23. The highest BCUT2D eigenvalue weighted by atomic mass is 79.9. The minimum atomic E-state index is -0.228. The Hall–Kier alpha value is -0.910. The second kappa shape index (κ2) is 5.38. The highest BCUT2D eigenvalue weighted by Crippen LogP contribution is 2.28. The fourth-order valence-electron chi connectivity index (χ4n) is 1.41. The Bertz CT molecular complexity index is 556. The van der Waals surface area contributed by atoms with Gasteiger partial charge in [0.25, 0.3) is 5.89 Å². The molecule has 6 heteroatoms. The Kier molecular flexibility index (Phi) is 4.04. The fourth-order valence-corrected chi connectivity index (χ4v) is 1.84. The Balaban J connectivity index is 2.32. The van der Waals surface area contributed by atoms with Gasteiger partial charge in [-0.2, -0.15) is 4.98 Å².